The summed E-state index contributed by atoms with van der Waals surface area (Å²) < 4.78 is 28.9. The summed E-state index contributed by atoms with van der Waals surface area (Å²) in [6, 6.07) is 7.17. The third kappa shape index (κ3) is 2.86. The number of benzene rings is 1. The first kappa shape index (κ1) is 16.3. The van der Waals surface area contributed by atoms with E-state index >= 15 is 0 Å². The van der Waals surface area contributed by atoms with Gasteiger partial charge in [-0.2, -0.15) is 22.2 Å². The fraction of sp³-hybridized carbons (Fsp3) is 0.333. The van der Waals surface area contributed by atoms with E-state index in [4.69, 9.17) is 0 Å². The molecule has 1 unspecified atom stereocenters. The zero-order valence-electron chi connectivity index (χ0n) is 13.4. The number of hydrogen-bond acceptors (Lipinski definition) is 4. The van der Waals surface area contributed by atoms with Gasteiger partial charge in [-0.3, -0.25) is 0 Å². The second-order valence-corrected chi connectivity index (χ2v) is 6.92. The molecule has 1 N–H and O–H groups in total. The second-order valence-electron chi connectivity index (χ2n) is 6.41. The minimum atomic E-state index is -0.955. The highest BCUT2D eigenvalue weighted by molar-refractivity contribution is 7.80. The monoisotopic (exact) mass is 361 g/mol. The van der Waals surface area contributed by atoms with Crippen LogP contribution < -0.4 is 0 Å². The van der Waals surface area contributed by atoms with Gasteiger partial charge in [0.25, 0.3) is 0 Å². The Morgan fingerprint density at radius 1 is 1.20 bits per heavy atom. The maximum absolute atomic E-state index is 14.0. The van der Waals surface area contributed by atoms with E-state index in [1.54, 1.807) is 0 Å². The minimum absolute atomic E-state index is 0.0788. The topological polar surface area (TPSA) is 50.4 Å². The summed E-state index contributed by atoms with van der Waals surface area (Å²) in [5.41, 5.74) is 1.81. The van der Waals surface area contributed by atoms with Gasteiger partial charge in [0.2, 0.25) is 5.88 Å². The van der Waals surface area contributed by atoms with Crippen molar-refractivity contribution < 1.29 is 13.9 Å². The Morgan fingerprint density at radius 3 is 2.72 bits per heavy atom. The first-order valence-electron chi connectivity index (χ1n) is 8.26. The van der Waals surface area contributed by atoms with Crippen LogP contribution in [0, 0.1) is 11.6 Å². The zero-order valence-corrected chi connectivity index (χ0v) is 14.3. The molecule has 1 aromatic carbocycles. The predicted octanol–water partition coefficient (Wildman–Crippen LogP) is 4.39. The highest BCUT2D eigenvalue weighted by Gasteiger charge is 2.23. The molecule has 2 heterocycles. The first-order chi connectivity index (χ1) is 12.0. The lowest BCUT2D eigenvalue weighted by atomic mass is 10.0. The van der Waals surface area contributed by atoms with E-state index < -0.39 is 16.9 Å². The highest BCUT2D eigenvalue weighted by atomic mass is 32.1. The van der Waals surface area contributed by atoms with Crippen LogP contribution in [0.3, 0.4) is 0 Å². The third-order valence-electron chi connectivity index (χ3n) is 4.78. The van der Waals surface area contributed by atoms with Gasteiger partial charge in [-0.15, -0.1) is 0 Å². The number of thiol groups is 1. The van der Waals surface area contributed by atoms with Gasteiger partial charge in [0.05, 0.1) is 16.6 Å². The molecule has 2 aromatic heterocycles. The van der Waals surface area contributed by atoms with Crippen LogP contribution in [0.1, 0.15) is 53.8 Å². The van der Waals surface area contributed by atoms with Crippen molar-refractivity contribution in [3.8, 4) is 5.88 Å². The number of aromatic hydroxyl groups is 1. The van der Waals surface area contributed by atoms with Gasteiger partial charge in [-0.25, -0.2) is 13.8 Å². The van der Waals surface area contributed by atoms with Gasteiger partial charge < -0.3 is 5.11 Å². The standard InChI is InChI=1S/C18H17F2N3OS/c19-12-7-3-6-11(17(12)20)18(25)14-9-16(24)23-15(21-14)8-13(22-23)10-4-1-2-5-10/h3,6-10,18,24-25H,1-2,4-5H2. The van der Waals surface area contributed by atoms with E-state index in [9.17, 15) is 13.9 Å². The molecule has 4 nitrogen and oxygen atoms in total. The van der Waals surface area contributed by atoms with Crippen molar-refractivity contribution in [2.24, 2.45) is 0 Å². The second kappa shape index (κ2) is 6.29. The number of halogens is 2. The highest BCUT2D eigenvalue weighted by Crippen LogP contribution is 2.35. The molecule has 1 fully saturated rings. The van der Waals surface area contributed by atoms with Crippen LogP contribution in [0.4, 0.5) is 8.78 Å². The molecule has 1 aliphatic carbocycles. The van der Waals surface area contributed by atoms with Crippen molar-refractivity contribution >= 4 is 18.3 Å². The summed E-state index contributed by atoms with van der Waals surface area (Å²) in [6.07, 6.45) is 4.53. The maximum Gasteiger partial charge on any atom is 0.215 e. The number of rotatable bonds is 3. The van der Waals surface area contributed by atoms with Gasteiger partial charge in [0.15, 0.2) is 17.3 Å². The van der Waals surface area contributed by atoms with Crippen molar-refractivity contribution in [3.63, 3.8) is 0 Å². The Morgan fingerprint density at radius 2 is 1.96 bits per heavy atom. The normalized spacial score (nSPS) is 16.6. The number of fused-ring (bicyclic) bond motifs is 1. The molecule has 4 rings (SSSR count). The summed E-state index contributed by atoms with van der Waals surface area (Å²) in [6.45, 7) is 0. The summed E-state index contributed by atoms with van der Waals surface area (Å²) in [5.74, 6) is -1.60. The molecule has 0 amide bonds. The predicted molar refractivity (Wildman–Crippen MR) is 93.0 cm³/mol. The Bertz CT molecular complexity index is 937. The van der Waals surface area contributed by atoms with Crippen molar-refractivity contribution in [3.05, 3.63) is 58.9 Å². The largest absolute Gasteiger partial charge is 0.493 e. The van der Waals surface area contributed by atoms with Gasteiger partial charge in [-0.05, 0) is 18.9 Å². The average molecular weight is 361 g/mol. The minimum Gasteiger partial charge on any atom is -0.493 e. The van der Waals surface area contributed by atoms with Crippen LogP contribution >= 0.6 is 12.6 Å². The van der Waals surface area contributed by atoms with E-state index in [-0.39, 0.29) is 11.4 Å². The Hall–Kier alpha value is -2.15. The van der Waals surface area contributed by atoms with E-state index in [1.165, 1.54) is 35.6 Å². The molecule has 7 heteroatoms. The Labute approximate surface area is 148 Å². The van der Waals surface area contributed by atoms with Crippen molar-refractivity contribution in [1.29, 1.82) is 0 Å². The molecule has 1 saturated carbocycles. The smallest absolute Gasteiger partial charge is 0.215 e. The summed E-state index contributed by atoms with van der Waals surface area (Å²) in [4.78, 5) is 4.45. The first-order valence-corrected chi connectivity index (χ1v) is 8.78. The lowest BCUT2D eigenvalue weighted by Crippen LogP contribution is -2.04. The van der Waals surface area contributed by atoms with Crippen molar-refractivity contribution in [1.82, 2.24) is 14.6 Å². The molecule has 0 spiro atoms. The number of nitrogens with zero attached hydrogens (tertiary/aromatic N) is 3. The molecular formula is C18H17F2N3OS. The number of aromatic nitrogens is 3. The summed E-state index contributed by atoms with van der Waals surface area (Å²) in [5, 5.41) is 13.9. The third-order valence-corrected chi connectivity index (χ3v) is 5.32. The molecule has 1 atom stereocenters. The lowest BCUT2D eigenvalue weighted by molar-refractivity contribution is 0.432. The van der Waals surface area contributed by atoms with E-state index in [1.807, 2.05) is 6.07 Å². The van der Waals surface area contributed by atoms with Crippen LogP contribution in [-0.4, -0.2) is 19.7 Å². The molecule has 130 valence electrons. The molecular weight excluding hydrogens is 344 g/mol. The maximum atomic E-state index is 14.0. The zero-order chi connectivity index (χ0) is 17.6. The number of hydrogen-bond donors (Lipinski definition) is 2. The van der Waals surface area contributed by atoms with Crippen LogP contribution in [0.15, 0.2) is 30.3 Å². The van der Waals surface area contributed by atoms with Crippen molar-refractivity contribution in [2.75, 3.05) is 0 Å². The van der Waals surface area contributed by atoms with Gasteiger partial charge >= 0.3 is 0 Å². The van der Waals surface area contributed by atoms with E-state index in [2.05, 4.69) is 22.7 Å². The average Bonchev–Trinajstić information content (AvgIpc) is 3.25. The van der Waals surface area contributed by atoms with Crippen molar-refractivity contribution in [2.45, 2.75) is 36.9 Å². The fourth-order valence-corrected chi connectivity index (χ4v) is 3.78. The molecule has 0 bridgehead atoms. The quantitative estimate of drug-likeness (QED) is 0.680. The SMILES string of the molecule is Oc1cc(C(S)c2cccc(F)c2F)nc2cc(C3CCCC3)nn12. The van der Waals surface area contributed by atoms with E-state index in [0.29, 0.717) is 17.3 Å². The summed E-state index contributed by atoms with van der Waals surface area (Å²) >= 11 is 4.38. The molecule has 1 aliphatic rings. The molecule has 25 heavy (non-hydrogen) atoms. The molecule has 0 aliphatic heterocycles. The fourth-order valence-electron chi connectivity index (χ4n) is 3.45. The lowest BCUT2D eigenvalue weighted by Gasteiger charge is -2.12. The molecule has 0 radical (unpaired) electrons. The van der Waals surface area contributed by atoms with Crippen LogP contribution in [0.25, 0.3) is 5.65 Å². The van der Waals surface area contributed by atoms with Crippen LogP contribution in [0.5, 0.6) is 5.88 Å². The van der Waals surface area contributed by atoms with Crippen LogP contribution in [0.2, 0.25) is 0 Å². The van der Waals surface area contributed by atoms with Crippen LogP contribution in [-0.2, 0) is 0 Å². The summed E-state index contributed by atoms with van der Waals surface area (Å²) in [7, 11) is 0. The van der Waals surface area contributed by atoms with Gasteiger partial charge in [-0.1, -0.05) is 25.0 Å². The van der Waals surface area contributed by atoms with E-state index in [0.717, 1.165) is 24.6 Å². The Kier molecular flexibility index (Phi) is 4.11. The van der Waals surface area contributed by atoms with Gasteiger partial charge in [0, 0.05) is 23.6 Å². The molecule has 0 saturated heterocycles. The van der Waals surface area contributed by atoms with Gasteiger partial charge in [0.1, 0.15) is 0 Å². The Balaban J connectivity index is 1.76. The molecule has 3 aromatic rings.